The molecule has 1 atom stereocenters. The van der Waals surface area contributed by atoms with Crippen LogP contribution in [0, 0.1) is 12.8 Å². The molecule has 2 aromatic carbocycles. The Bertz CT molecular complexity index is 1370. The van der Waals surface area contributed by atoms with Crippen LogP contribution >= 0.6 is 0 Å². The number of benzene rings is 2. The Labute approximate surface area is 230 Å². The number of ether oxygens (including phenoxy) is 1. The average molecular weight is 555 g/mol. The highest BCUT2D eigenvalue weighted by Gasteiger charge is 2.21. The van der Waals surface area contributed by atoms with E-state index in [1.165, 1.54) is 6.07 Å². The molecule has 0 radical (unpaired) electrons. The van der Waals surface area contributed by atoms with E-state index in [1.807, 2.05) is 45.0 Å². The number of hydrogen-bond donors (Lipinski definition) is 5. The molecule has 0 aliphatic rings. The quantitative estimate of drug-likeness (QED) is 0.185. The van der Waals surface area contributed by atoms with Crippen LogP contribution in [0.1, 0.15) is 31.4 Å². The molecule has 0 aliphatic carbocycles. The van der Waals surface area contributed by atoms with Gasteiger partial charge in [0.1, 0.15) is 24.8 Å². The number of nitrogens with two attached hydrogens (primary N) is 1. The maximum absolute atomic E-state index is 11.7. The van der Waals surface area contributed by atoms with Gasteiger partial charge in [0.05, 0.1) is 6.54 Å². The number of amides is 3. The number of nitrogen functional groups attached to an aromatic ring is 1. The highest BCUT2D eigenvalue weighted by atomic mass is 16.5. The highest BCUT2D eigenvalue weighted by Crippen LogP contribution is 2.18. The number of alkyl carbamates (subject to hydrolysis) is 1. The van der Waals surface area contributed by atoms with Gasteiger partial charge in [0.25, 0.3) is 0 Å². The third-order valence-electron chi connectivity index (χ3n) is 5.37. The molecule has 0 spiro atoms. The summed E-state index contributed by atoms with van der Waals surface area (Å²) >= 11 is 0. The summed E-state index contributed by atoms with van der Waals surface area (Å²) in [6, 6.07) is 14.8. The van der Waals surface area contributed by atoms with Crippen LogP contribution in [0.15, 0.2) is 63.8 Å². The summed E-state index contributed by atoms with van der Waals surface area (Å²) in [6.07, 6.45) is -0.481. The first-order valence-electron chi connectivity index (χ1n) is 12.5. The summed E-state index contributed by atoms with van der Waals surface area (Å²) in [5, 5.41) is 16.9. The van der Waals surface area contributed by atoms with E-state index in [2.05, 4.69) is 16.0 Å². The standard InChI is InChI=1S/C18H25N3O6.C10H9NO2/c1-12(2)8-14(17(24)25)21-16(23)10-19-15(22)9-20-18(26)27-11-13-6-4-3-5-7-13;1-6-4-10(12)13-9-5-7(11)2-3-8(6)9/h3-7,12,14H,8-11H2,1-2H3,(H,19,22)(H,20,26)(H,21,23)(H,24,25);2-5H,11H2,1H3/t14-;/m0./s1. The minimum absolute atomic E-state index is 0.0725. The Morgan fingerprint density at radius 2 is 1.65 bits per heavy atom. The second kappa shape index (κ2) is 15.5. The highest BCUT2D eigenvalue weighted by molar-refractivity contribution is 5.89. The maximum atomic E-state index is 11.7. The van der Waals surface area contributed by atoms with E-state index in [4.69, 9.17) is 20.0 Å². The van der Waals surface area contributed by atoms with Gasteiger partial charge in [-0.3, -0.25) is 9.59 Å². The monoisotopic (exact) mass is 554 g/mol. The van der Waals surface area contributed by atoms with Gasteiger partial charge in [0.2, 0.25) is 11.8 Å². The molecule has 1 heterocycles. The van der Waals surface area contributed by atoms with E-state index >= 15 is 0 Å². The molecule has 40 heavy (non-hydrogen) atoms. The Morgan fingerprint density at radius 3 is 2.30 bits per heavy atom. The van der Waals surface area contributed by atoms with Gasteiger partial charge in [-0.05, 0) is 42.5 Å². The number of aryl methyl sites for hydroxylation is 1. The normalized spacial score (nSPS) is 11.1. The minimum Gasteiger partial charge on any atom is -0.480 e. The first-order chi connectivity index (χ1) is 18.9. The summed E-state index contributed by atoms with van der Waals surface area (Å²) in [6.45, 7) is 4.87. The van der Waals surface area contributed by atoms with Crippen LogP contribution in [0.5, 0.6) is 0 Å². The molecule has 12 heteroatoms. The minimum atomic E-state index is -1.13. The fourth-order valence-corrected chi connectivity index (χ4v) is 3.45. The maximum Gasteiger partial charge on any atom is 0.407 e. The van der Waals surface area contributed by atoms with Crippen molar-refractivity contribution in [2.75, 3.05) is 18.8 Å². The van der Waals surface area contributed by atoms with Crippen molar-refractivity contribution in [3.05, 3.63) is 76.1 Å². The first-order valence-corrected chi connectivity index (χ1v) is 12.5. The molecule has 0 saturated carbocycles. The number of anilines is 1. The van der Waals surface area contributed by atoms with Crippen molar-refractivity contribution in [3.63, 3.8) is 0 Å². The molecule has 0 aliphatic heterocycles. The van der Waals surface area contributed by atoms with Crippen molar-refractivity contribution < 1.29 is 33.4 Å². The van der Waals surface area contributed by atoms with Gasteiger partial charge in [0.15, 0.2) is 0 Å². The predicted molar refractivity (Wildman–Crippen MR) is 148 cm³/mol. The molecule has 3 rings (SSSR count). The largest absolute Gasteiger partial charge is 0.480 e. The summed E-state index contributed by atoms with van der Waals surface area (Å²) in [5.41, 5.74) is 8.09. The van der Waals surface area contributed by atoms with E-state index < -0.39 is 29.9 Å². The van der Waals surface area contributed by atoms with E-state index in [0.29, 0.717) is 11.3 Å². The fraction of sp³-hybridized carbons (Fsp3) is 0.321. The molecule has 6 N–H and O–H groups in total. The van der Waals surface area contributed by atoms with E-state index in [0.717, 1.165) is 16.5 Å². The van der Waals surface area contributed by atoms with Crippen molar-refractivity contribution >= 4 is 40.5 Å². The SMILES string of the molecule is CC(C)C[C@H](NC(=O)CNC(=O)CNC(=O)OCc1ccccc1)C(=O)O.Cc1cc(=O)oc2cc(N)ccc12. The van der Waals surface area contributed by atoms with Crippen LogP contribution in [-0.4, -0.2) is 48.1 Å². The summed E-state index contributed by atoms with van der Waals surface area (Å²) in [5.74, 6) is -2.26. The van der Waals surface area contributed by atoms with Crippen LogP contribution in [0.25, 0.3) is 11.0 Å². The molecule has 214 valence electrons. The number of carbonyl (C=O) groups excluding carboxylic acids is 3. The Hall–Kier alpha value is -4.87. The molecular formula is C28H34N4O8. The Kier molecular flexibility index (Phi) is 12.2. The molecule has 0 fully saturated rings. The average Bonchev–Trinajstić information content (AvgIpc) is 2.89. The van der Waals surface area contributed by atoms with Crippen LogP contribution in [0.2, 0.25) is 0 Å². The fourth-order valence-electron chi connectivity index (χ4n) is 3.45. The number of rotatable bonds is 10. The topological polar surface area (TPSA) is 190 Å². The van der Waals surface area contributed by atoms with Gasteiger partial charge in [-0.15, -0.1) is 0 Å². The zero-order chi connectivity index (χ0) is 29.7. The zero-order valence-electron chi connectivity index (χ0n) is 22.6. The van der Waals surface area contributed by atoms with E-state index in [-0.39, 0.29) is 37.7 Å². The number of aliphatic carboxylic acids is 1. The van der Waals surface area contributed by atoms with Gasteiger partial charge >= 0.3 is 17.7 Å². The summed E-state index contributed by atoms with van der Waals surface area (Å²) in [7, 11) is 0. The predicted octanol–water partition coefficient (Wildman–Crippen LogP) is 2.33. The zero-order valence-corrected chi connectivity index (χ0v) is 22.6. The molecule has 3 amide bonds. The lowest BCUT2D eigenvalue weighted by Crippen LogP contribution is -2.47. The van der Waals surface area contributed by atoms with Crippen LogP contribution in [0.3, 0.4) is 0 Å². The third kappa shape index (κ3) is 11.3. The Balaban J connectivity index is 0.000000355. The number of fused-ring (bicyclic) bond motifs is 1. The van der Waals surface area contributed by atoms with Crippen molar-refractivity contribution in [3.8, 4) is 0 Å². The van der Waals surface area contributed by atoms with Crippen molar-refractivity contribution in [1.82, 2.24) is 16.0 Å². The molecule has 0 unspecified atom stereocenters. The van der Waals surface area contributed by atoms with Crippen LogP contribution in [0.4, 0.5) is 10.5 Å². The number of hydrogen-bond acceptors (Lipinski definition) is 8. The number of carbonyl (C=O) groups is 4. The molecule has 0 saturated heterocycles. The lowest BCUT2D eigenvalue weighted by molar-refractivity contribution is -0.142. The third-order valence-corrected chi connectivity index (χ3v) is 5.37. The van der Waals surface area contributed by atoms with Gasteiger partial charge < -0.3 is 35.9 Å². The van der Waals surface area contributed by atoms with Gasteiger partial charge in [-0.25, -0.2) is 14.4 Å². The van der Waals surface area contributed by atoms with Gasteiger partial charge in [-0.1, -0.05) is 44.2 Å². The van der Waals surface area contributed by atoms with Crippen molar-refractivity contribution in [1.29, 1.82) is 0 Å². The number of carboxylic acid groups (broad SMARTS) is 1. The molecule has 3 aromatic rings. The van der Waals surface area contributed by atoms with Gasteiger partial charge in [-0.2, -0.15) is 0 Å². The molecule has 12 nitrogen and oxygen atoms in total. The molecule has 1 aromatic heterocycles. The lowest BCUT2D eigenvalue weighted by Gasteiger charge is -2.16. The smallest absolute Gasteiger partial charge is 0.407 e. The van der Waals surface area contributed by atoms with Crippen LogP contribution in [-0.2, 0) is 25.7 Å². The van der Waals surface area contributed by atoms with E-state index in [9.17, 15) is 24.0 Å². The molecular weight excluding hydrogens is 520 g/mol. The summed E-state index contributed by atoms with van der Waals surface area (Å²) < 4.78 is 9.93. The number of carboxylic acids is 1. The molecule has 0 bridgehead atoms. The van der Waals surface area contributed by atoms with Crippen LogP contribution < -0.4 is 27.3 Å². The Morgan fingerprint density at radius 1 is 0.975 bits per heavy atom. The lowest BCUT2D eigenvalue weighted by atomic mass is 10.0. The first kappa shape index (κ1) is 31.3. The van der Waals surface area contributed by atoms with Crippen molar-refractivity contribution in [2.24, 2.45) is 5.92 Å². The van der Waals surface area contributed by atoms with Gasteiger partial charge in [0, 0.05) is 23.2 Å². The second-order valence-corrected chi connectivity index (χ2v) is 9.28. The number of nitrogens with one attached hydrogen (secondary N) is 3. The van der Waals surface area contributed by atoms with Crippen molar-refractivity contribution in [2.45, 2.75) is 39.8 Å². The summed E-state index contributed by atoms with van der Waals surface area (Å²) in [4.78, 5) is 57.0. The van der Waals surface area contributed by atoms with E-state index in [1.54, 1.807) is 24.3 Å². The second-order valence-electron chi connectivity index (χ2n) is 9.28.